The molecule has 37 heavy (non-hydrogen) atoms. The van der Waals surface area contributed by atoms with E-state index in [0.29, 0.717) is 22.2 Å². The van der Waals surface area contributed by atoms with Crippen molar-refractivity contribution in [1.29, 1.82) is 0 Å². The Bertz CT molecular complexity index is 1300. The number of nitrogens with one attached hydrogen (secondary N) is 2. The molecule has 2 aromatic carbocycles. The maximum absolute atomic E-state index is 12.1. The molecule has 0 spiro atoms. The average molecular weight is 523 g/mol. The molecule has 1 saturated heterocycles. The van der Waals surface area contributed by atoms with Gasteiger partial charge in [0.15, 0.2) is 0 Å². The average Bonchev–Trinajstić information content (AvgIpc) is 3.73. The number of urea groups is 1. The van der Waals surface area contributed by atoms with Gasteiger partial charge < -0.3 is 25.2 Å². The molecule has 1 saturated carbocycles. The van der Waals surface area contributed by atoms with Gasteiger partial charge in [-0.05, 0) is 67.5 Å². The zero-order valence-corrected chi connectivity index (χ0v) is 21.5. The lowest BCUT2D eigenvalue weighted by Crippen LogP contribution is -2.39. The fourth-order valence-corrected chi connectivity index (χ4v) is 4.95. The number of ether oxygens (including phenoxy) is 2. The van der Waals surface area contributed by atoms with Crippen molar-refractivity contribution >= 4 is 34.2 Å². The molecule has 3 aromatic rings. The highest BCUT2D eigenvalue weighted by molar-refractivity contribution is 6.33. The molecule has 9 heteroatoms. The van der Waals surface area contributed by atoms with Crippen molar-refractivity contribution in [1.82, 2.24) is 15.2 Å². The van der Waals surface area contributed by atoms with E-state index in [1.54, 1.807) is 37.6 Å². The lowest BCUT2D eigenvalue weighted by molar-refractivity contribution is 0.0243. The number of aromatic nitrogens is 1. The standard InChI is InChI=1S/C28H31ClN4O4/c1-3-27(34)33-12-9-17(10-13-33)20-15-21-24(16-26(20)36-2)30-11-8-25(21)37-19-6-7-23(22(29)14-19)32-28(35)31-18-4-5-18/h3,6-8,11,14-18,27,34H,1,4-5,9-10,12-13H2,2H3,(H2,31,32,35). The molecule has 3 N–H and O–H groups in total. The number of likely N-dealkylation sites (tertiary alicyclic amines) is 1. The molecule has 194 valence electrons. The van der Waals surface area contributed by atoms with Crippen LogP contribution in [-0.2, 0) is 0 Å². The summed E-state index contributed by atoms with van der Waals surface area (Å²) in [4.78, 5) is 18.6. The number of carbonyl (C=O) groups is 1. The number of anilines is 1. The second kappa shape index (κ2) is 11.0. The van der Waals surface area contributed by atoms with Crippen molar-refractivity contribution in [3.05, 3.63) is 65.8 Å². The number of piperidine rings is 1. The number of aliphatic hydroxyl groups excluding tert-OH is 1. The quantitative estimate of drug-likeness (QED) is 0.330. The fraction of sp³-hybridized carbons (Fsp3) is 0.357. The number of methoxy groups -OCH3 is 1. The van der Waals surface area contributed by atoms with E-state index in [4.69, 9.17) is 21.1 Å². The number of pyridine rings is 1. The first-order chi connectivity index (χ1) is 17.9. The second-order valence-corrected chi connectivity index (χ2v) is 9.90. The predicted molar refractivity (Wildman–Crippen MR) is 145 cm³/mol. The van der Waals surface area contributed by atoms with Crippen molar-refractivity contribution in [2.24, 2.45) is 0 Å². The summed E-state index contributed by atoms with van der Waals surface area (Å²) in [5.74, 6) is 2.27. The van der Waals surface area contributed by atoms with Gasteiger partial charge in [0.25, 0.3) is 0 Å². The summed E-state index contributed by atoms with van der Waals surface area (Å²) in [7, 11) is 1.67. The van der Waals surface area contributed by atoms with Crippen LogP contribution in [0, 0.1) is 0 Å². The molecule has 2 fully saturated rings. The van der Waals surface area contributed by atoms with Gasteiger partial charge in [0.2, 0.25) is 0 Å². The lowest BCUT2D eigenvalue weighted by atomic mass is 9.87. The highest BCUT2D eigenvalue weighted by Crippen LogP contribution is 2.40. The number of hydrogen-bond donors (Lipinski definition) is 3. The van der Waals surface area contributed by atoms with Gasteiger partial charge in [0.1, 0.15) is 23.5 Å². The third kappa shape index (κ3) is 5.82. The van der Waals surface area contributed by atoms with Gasteiger partial charge >= 0.3 is 6.03 Å². The highest BCUT2D eigenvalue weighted by atomic mass is 35.5. The summed E-state index contributed by atoms with van der Waals surface area (Å²) >= 11 is 6.44. The van der Waals surface area contributed by atoms with Crippen LogP contribution in [-0.4, -0.2) is 53.5 Å². The first-order valence-corrected chi connectivity index (χ1v) is 12.9. The maximum atomic E-state index is 12.1. The lowest BCUT2D eigenvalue weighted by Gasteiger charge is -2.34. The summed E-state index contributed by atoms with van der Waals surface area (Å²) in [5, 5.41) is 17.0. The summed E-state index contributed by atoms with van der Waals surface area (Å²) in [6, 6.07) is 11.1. The maximum Gasteiger partial charge on any atom is 0.319 e. The Balaban J connectivity index is 1.37. The summed E-state index contributed by atoms with van der Waals surface area (Å²) in [5.41, 5.74) is 2.38. The Morgan fingerprint density at radius 2 is 1.97 bits per heavy atom. The second-order valence-electron chi connectivity index (χ2n) is 9.50. The number of carbonyl (C=O) groups excluding carboxylic acids is 1. The number of fused-ring (bicyclic) bond motifs is 1. The molecular formula is C28H31ClN4O4. The van der Waals surface area contributed by atoms with Crippen LogP contribution in [0.4, 0.5) is 10.5 Å². The number of aliphatic hydroxyl groups is 1. The van der Waals surface area contributed by atoms with Crippen molar-refractivity contribution in [3.8, 4) is 17.2 Å². The van der Waals surface area contributed by atoms with E-state index in [-0.39, 0.29) is 18.0 Å². The van der Waals surface area contributed by atoms with E-state index >= 15 is 0 Å². The van der Waals surface area contributed by atoms with E-state index in [9.17, 15) is 9.90 Å². The molecule has 1 atom stereocenters. The third-order valence-electron chi connectivity index (χ3n) is 6.94. The molecule has 1 aromatic heterocycles. The molecule has 1 aliphatic carbocycles. The number of benzene rings is 2. The van der Waals surface area contributed by atoms with Crippen LogP contribution in [0.5, 0.6) is 17.2 Å². The molecule has 1 unspecified atom stereocenters. The SMILES string of the molecule is C=CC(O)N1CCC(c2cc3c(Oc4ccc(NC(=O)NC5CC5)c(Cl)c4)ccnc3cc2OC)CC1. The summed E-state index contributed by atoms with van der Waals surface area (Å²) in [6.45, 7) is 5.23. The number of amides is 2. The number of nitrogens with zero attached hydrogens (tertiary/aromatic N) is 2. The molecule has 2 aliphatic rings. The number of halogens is 1. The van der Waals surface area contributed by atoms with Crippen LogP contribution in [0.2, 0.25) is 5.02 Å². The van der Waals surface area contributed by atoms with Crippen molar-refractivity contribution in [2.45, 2.75) is 43.9 Å². The van der Waals surface area contributed by atoms with E-state index < -0.39 is 6.23 Å². The smallest absolute Gasteiger partial charge is 0.319 e. The Hall–Kier alpha value is -3.33. The predicted octanol–water partition coefficient (Wildman–Crippen LogP) is 5.66. The molecule has 2 amide bonds. The molecule has 5 rings (SSSR count). The zero-order valence-electron chi connectivity index (χ0n) is 20.7. The van der Waals surface area contributed by atoms with Gasteiger partial charge in [-0.1, -0.05) is 18.2 Å². The Morgan fingerprint density at radius 3 is 2.65 bits per heavy atom. The van der Waals surface area contributed by atoms with Gasteiger partial charge in [-0.2, -0.15) is 0 Å². The Kier molecular flexibility index (Phi) is 7.50. The van der Waals surface area contributed by atoms with Crippen LogP contribution in [0.15, 0.2) is 55.3 Å². The van der Waals surface area contributed by atoms with Crippen LogP contribution in [0.1, 0.15) is 37.2 Å². The van der Waals surface area contributed by atoms with Gasteiger partial charge in [0.05, 0.1) is 23.3 Å². The van der Waals surface area contributed by atoms with E-state index in [1.165, 1.54) is 0 Å². The largest absolute Gasteiger partial charge is 0.496 e. The van der Waals surface area contributed by atoms with E-state index in [1.807, 2.05) is 17.0 Å². The zero-order chi connectivity index (χ0) is 25.9. The molecule has 8 nitrogen and oxygen atoms in total. The van der Waals surface area contributed by atoms with Gasteiger partial charge in [-0.25, -0.2) is 4.79 Å². The molecule has 0 radical (unpaired) electrons. The summed E-state index contributed by atoms with van der Waals surface area (Å²) < 4.78 is 12.0. The van der Waals surface area contributed by atoms with Crippen molar-refractivity contribution in [2.75, 3.05) is 25.5 Å². The van der Waals surface area contributed by atoms with Crippen LogP contribution in [0.3, 0.4) is 0 Å². The van der Waals surface area contributed by atoms with Gasteiger partial charge in [-0.15, -0.1) is 0 Å². The van der Waals surface area contributed by atoms with Crippen LogP contribution in [0.25, 0.3) is 10.9 Å². The Labute approximate surface area is 221 Å². The Morgan fingerprint density at radius 1 is 1.19 bits per heavy atom. The van der Waals surface area contributed by atoms with Crippen molar-refractivity contribution < 1.29 is 19.4 Å². The van der Waals surface area contributed by atoms with E-state index in [2.05, 4.69) is 28.3 Å². The minimum atomic E-state index is -0.621. The molecule has 1 aliphatic heterocycles. The minimum Gasteiger partial charge on any atom is -0.496 e. The topological polar surface area (TPSA) is 96.0 Å². The van der Waals surface area contributed by atoms with Crippen LogP contribution < -0.4 is 20.1 Å². The van der Waals surface area contributed by atoms with Gasteiger partial charge in [0, 0.05) is 42.8 Å². The van der Waals surface area contributed by atoms with Crippen molar-refractivity contribution in [3.63, 3.8) is 0 Å². The normalized spacial score (nSPS) is 17.3. The first-order valence-electron chi connectivity index (χ1n) is 12.5. The fourth-order valence-electron chi connectivity index (χ4n) is 4.73. The van der Waals surface area contributed by atoms with Crippen LogP contribution >= 0.6 is 11.6 Å². The minimum absolute atomic E-state index is 0.260. The summed E-state index contributed by atoms with van der Waals surface area (Å²) in [6.07, 6.45) is 6.45. The monoisotopic (exact) mass is 522 g/mol. The molecular weight excluding hydrogens is 492 g/mol. The first kappa shape index (κ1) is 25.3. The van der Waals surface area contributed by atoms with Gasteiger partial charge in [-0.3, -0.25) is 9.88 Å². The van der Waals surface area contributed by atoms with E-state index in [0.717, 1.165) is 61.0 Å². The number of rotatable bonds is 8. The third-order valence-corrected chi connectivity index (χ3v) is 7.25. The molecule has 0 bridgehead atoms. The highest BCUT2D eigenvalue weighted by Gasteiger charge is 2.26. The molecule has 2 heterocycles. The number of hydrogen-bond acceptors (Lipinski definition) is 6.